The van der Waals surface area contributed by atoms with Gasteiger partial charge in [-0.1, -0.05) is 28.0 Å². The minimum Gasteiger partial charge on any atom is -0.384 e. The van der Waals surface area contributed by atoms with Gasteiger partial charge in [0.1, 0.15) is 0 Å². The van der Waals surface area contributed by atoms with Crippen molar-refractivity contribution in [2.45, 2.75) is 6.37 Å². The van der Waals surface area contributed by atoms with E-state index in [-0.39, 0.29) is 4.47 Å². The summed E-state index contributed by atoms with van der Waals surface area (Å²) in [5.74, 6) is 0. The van der Waals surface area contributed by atoms with Crippen molar-refractivity contribution in [2.75, 3.05) is 13.7 Å². The second-order valence-electron chi connectivity index (χ2n) is 1.62. The Hall–Kier alpha value is -0.340. The summed E-state index contributed by atoms with van der Waals surface area (Å²) >= 11 is 2.89. The topological polar surface area (TPSA) is 9.23 Å². The molecule has 1 nitrogen and oxygen atoms in total. The molecule has 1 aromatic rings. The van der Waals surface area contributed by atoms with Crippen LogP contribution in [-0.4, -0.2) is 13.7 Å². The van der Waals surface area contributed by atoms with Crippen LogP contribution in [0.2, 0.25) is 0 Å². The molecule has 0 aliphatic heterocycles. The van der Waals surface area contributed by atoms with E-state index in [2.05, 4.69) is 20.7 Å². The summed E-state index contributed by atoms with van der Waals surface area (Å²) in [6.45, 7) is -2.79. The molecule has 0 heterocycles. The number of ether oxygens (including phenoxy) is 1. The largest absolute Gasteiger partial charge is 0.384 e. The van der Waals surface area contributed by atoms with Crippen LogP contribution in [0.3, 0.4) is 0 Å². The van der Waals surface area contributed by atoms with Crippen molar-refractivity contribution in [3.63, 3.8) is 0 Å². The lowest BCUT2D eigenvalue weighted by Gasteiger charge is -1.99. The zero-order valence-corrected chi connectivity index (χ0v) is 7.37. The van der Waals surface area contributed by atoms with E-state index in [0.717, 1.165) is 7.11 Å². The molecular formula is C9H11BrO. The van der Waals surface area contributed by atoms with E-state index >= 15 is 0 Å². The van der Waals surface area contributed by atoms with E-state index in [1.54, 1.807) is 0 Å². The van der Waals surface area contributed by atoms with Crippen molar-refractivity contribution in [1.29, 1.82) is 0 Å². The number of benzene rings is 1. The first kappa shape index (κ1) is 2.86. The minimum absolute atomic E-state index is 0.0972. The fourth-order valence-corrected chi connectivity index (χ4v) is 0.660. The van der Waals surface area contributed by atoms with Crippen LogP contribution in [0.5, 0.6) is 0 Å². The van der Waals surface area contributed by atoms with E-state index in [4.69, 9.17) is 11.0 Å². The quantitative estimate of drug-likeness (QED) is 0.765. The smallest absolute Gasteiger partial charge is 0.0635 e. The molecule has 0 N–H and O–H groups in total. The van der Waals surface area contributed by atoms with Crippen LogP contribution in [0.4, 0.5) is 0 Å². The molecule has 1 aromatic carbocycles. The fraction of sp³-hybridized carbons (Fsp3) is 0.333. The van der Waals surface area contributed by atoms with Gasteiger partial charge < -0.3 is 4.74 Å². The number of hydrogen-bond acceptors (Lipinski definition) is 1. The molecule has 1 rings (SSSR count). The van der Waals surface area contributed by atoms with Gasteiger partial charge in [-0.15, -0.1) is 0 Å². The molecule has 0 atom stereocenters. The van der Waals surface area contributed by atoms with Gasteiger partial charge in [-0.2, -0.15) is 0 Å². The van der Waals surface area contributed by atoms with Crippen LogP contribution in [0.25, 0.3) is 0 Å². The van der Waals surface area contributed by atoms with Gasteiger partial charge in [-0.05, 0) is 24.0 Å². The molecule has 0 radical (unpaired) electrons. The number of halogens is 1. The Morgan fingerprint density at radius 3 is 2.73 bits per heavy atom. The van der Waals surface area contributed by atoms with Gasteiger partial charge in [0, 0.05) is 14.3 Å². The van der Waals surface area contributed by atoms with Crippen molar-refractivity contribution < 1.29 is 15.7 Å². The molecule has 0 amide bonds. The summed E-state index contributed by atoms with van der Waals surface area (Å²) in [5, 5.41) is 0. The third kappa shape index (κ3) is 3.04. The van der Waals surface area contributed by atoms with Crippen LogP contribution < -0.4 is 0 Å². The lowest BCUT2D eigenvalue weighted by molar-refractivity contribution is 0.202. The lowest BCUT2D eigenvalue weighted by atomic mass is 10.2. The van der Waals surface area contributed by atoms with Crippen LogP contribution in [0.15, 0.2) is 28.6 Å². The molecule has 0 bridgehead atoms. The van der Waals surface area contributed by atoms with Crippen LogP contribution in [0.1, 0.15) is 16.5 Å². The Morgan fingerprint density at radius 2 is 2.18 bits per heavy atom. The van der Waals surface area contributed by atoms with Crippen LogP contribution in [0, 0.1) is 0 Å². The van der Waals surface area contributed by atoms with Crippen LogP contribution >= 0.6 is 15.9 Å². The van der Waals surface area contributed by atoms with E-state index in [0.29, 0.717) is 0 Å². The predicted molar refractivity (Wildman–Crippen MR) is 49.7 cm³/mol. The Bertz CT molecular complexity index is 486. The van der Waals surface area contributed by atoms with Crippen molar-refractivity contribution >= 4 is 15.9 Å². The first-order valence-corrected chi connectivity index (χ1v) is 3.59. The number of hydrogen-bond donors (Lipinski definition) is 0. The Morgan fingerprint density at radius 1 is 1.55 bits per heavy atom. The van der Waals surface area contributed by atoms with Crippen molar-refractivity contribution in [1.82, 2.24) is 0 Å². The van der Waals surface area contributed by atoms with Gasteiger partial charge in [0.2, 0.25) is 0 Å². The van der Waals surface area contributed by atoms with Gasteiger partial charge in [0.05, 0.1) is 14.8 Å². The highest BCUT2D eigenvalue weighted by Gasteiger charge is 1.90. The molecule has 0 fully saturated rings. The van der Waals surface area contributed by atoms with Crippen molar-refractivity contribution in [3.05, 3.63) is 34.2 Å². The molecule has 0 aromatic heterocycles. The highest BCUT2D eigenvalue weighted by atomic mass is 79.9. The van der Waals surface area contributed by atoms with Gasteiger partial charge in [-0.25, -0.2) is 0 Å². The monoisotopic (exact) mass is 222 g/mol. The fourth-order valence-electron chi connectivity index (χ4n) is 0.462. The maximum absolute atomic E-state index is 7.76. The third-order valence-electron chi connectivity index (χ3n) is 0.873. The Balaban J connectivity index is 3.70. The highest BCUT2D eigenvalue weighted by molar-refractivity contribution is 9.10. The van der Waals surface area contributed by atoms with Gasteiger partial charge in [0.25, 0.3) is 0 Å². The average molecular weight is 223 g/mol. The first-order chi connectivity index (χ1) is 8.49. The summed E-state index contributed by atoms with van der Waals surface area (Å²) in [6, 6.07) is -2.21. The Kier molecular flexibility index (Phi) is 1.17. The maximum atomic E-state index is 7.76. The molecule has 0 spiro atoms. The SMILES string of the molecule is [2H]c1c([2H])c(C([2H])([2H])C([2H])([2H])OC)c([2H])c([2H])c1Br. The molecule has 0 aliphatic carbocycles. The Labute approximate surface area is 86.7 Å². The molecule has 0 unspecified atom stereocenters. The summed E-state index contributed by atoms with van der Waals surface area (Å²) < 4.78 is 65.4. The average Bonchev–Trinajstić information content (AvgIpc) is 2.33. The second kappa shape index (κ2) is 4.52. The molecule has 60 valence electrons. The minimum atomic E-state index is -2.83. The summed E-state index contributed by atoms with van der Waals surface area (Å²) in [5.41, 5.74) is -0.669. The highest BCUT2D eigenvalue weighted by Crippen LogP contribution is 2.10. The van der Waals surface area contributed by atoms with Crippen molar-refractivity contribution in [3.8, 4) is 0 Å². The first-order valence-electron chi connectivity index (χ1n) is 6.80. The van der Waals surface area contributed by atoms with E-state index in [1.807, 2.05) is 0 Å². The van der Waals surface area contributed by atoms with Crippen LogP contribution in [-0.2, 0) is 11.1 Å². The maximum Gasteiger partial charge on any atom is 0.0635 e. The van der Waals surface area contributed by atoms with Gasteiger partial charge in [-0.3, -0.25) is 0 Å². The molecule has 0 saturated carbocycles. The zero-order valence-electron chi connectivity index (χ0n) is 13.8. The molecule has 2 heteroatoms. The van der Waals surface area contributed by atoms with Gasteiger partial charge >= 0.3 is 0 Å². The second-order valence-corrected chi connectivity index (χ2v) is 2.41. The number of methoxy groups -OCH3 is 1. The van der Waals surface area contributed by atoms with E-state index in [1.165, 1.54) is 0 Å². The summed E-state index contributed by atoms with van der Waals surface area (Å²) in [4.78, 5) is 0. The zero-order chi connectivity index (χ0) is 15.2. The summed E-state index contributed by atoms with van der Waals surface area (Å²) in [7, 11) is 0.965. The van der Waals surface area contributed by atoms with E-state index in [9.17, 15) is 0 Å². The normalized spacial score (nSPS) is 23.1. The molecule has 0 aliphatic rings. The summed E-state index contributed by atoms with van der Waals surface area (Å²) in [6.07, 6.45) is -2.83. The lowest BCUT2D eigenvalue weighted by Crippen LogP contribution is -1.93. The predicted octanol–water partition coefficient (Wildman–Crippen LogP) is 2.64. The third-order valence-corrected chi connectivity index (χ3v) is 1.27. The standard InChI is InChI=1S/C9H11BrO/c1-11-7-6-8-2-4-9(10)5-3-8/h2-5H,6-7H2,1H3/i2D,3D,4D,5D,6D2,7D2. The molecule has 11 heavy (non-hydrogen) atoms. The van der Waals surface area contributed by atoms with Gasteiger partial charge in [0.15, 0.2) is 0 Å². The molecular weight excluding hydrogens is 204 g/mol. The molecule has 0 saturated heterocycles. The number of rotatable bonds is 3. The van der Waals surface area contributed by atoms with E-state index < -0.39 is 42.7 Å². The van der Waals surface area contributed by atoms with Crippen molar-refractivity contribution in [2.24, 2.45) is 0 Å².